The van der Waals surface area contributed by atoms with Crippen LogP contribution in [0.25, 0.3) is 17.1 Å². The summed E-state index contributed by atoms with van der Waals surface area (Å²) in [4.78, 5) is 4.27. The lowest BCUT2D eigenvalue weighted by Crippen LogP contribution is -1.96. The van der Waals surface area contributed by atoms with E-state index in [1.54, 1.807) is 6.20 Å². The summed E-state index contributed by atoms with van der Waals surface area (Å²) in [6, 6.07) is 15.1. The van der Waals surface area contributed by atoms with E-state index in [0.717, 1.165) is 17.1 Å². The van der Waals surface area contributed by atoms with Gasteiger partial charge in [-0.1, -0.05) is 35.3 Å². The van der Waals surface area contributed by atoms with E-state index in [-0.39, 0.29) is 0 Å². The molecule has 0 unspecified atom stereocenters. The van der Waals surface area contributed by atoms with E-state index < -0.39 is 0 Å². The van der Waals surface area contributed by atoms with Gasteiger partial charge in [-0.3, -0.25) is 4.57 Å². The first-order valence-electron chi connectivity index (χ1n) is 5.72. The molecule has 0 spiro atoms. The normalized spacial score (nSPS) is 10.6. The molecular formula is C15H9Cl2N2. The van der Waals surface area contributed by atoms with E-state index >= 15 is 0 Å². The van der Waals surface area contributed by atoms with E-state index in [2.05, 4.69) is 11.2 Å². The van der Waals surface area contributed by atoms with Crippen LogP contribution in [0.4, 0.5) is 0 Å². The minimum atomic E-state index is 0.664. The van der Waals surface area contributed by atoms with Crippen LogP contribution in [-0.2, 0) is 0 Å². The molecule has 0 amide bonds. The van der Waals surface area contributed by atoms with Crippen molar-refractivity contribution < 1.29 is 0 Å². The lowest BCUT2D eigenvalue weighted by Gasteiger charge is -2.09. The van der Waals surface area contributed by atoms with Crippen LogP contribution in [0.2, 0.25) is 10.0 Å². The van der Waals surface area contributed by atoms with Crippen LogP contribution < -0.4 is 0 Å². The van der Waals surface area contributed by atoms with Crippen LogP contribution >= 0.6 is 23.2 Å². The predicted molar refractivity (Wildman–Crippen MR) is 77.9 cm³/mol. The molecule has 2 aromatic carbocycles. The summed E-state index contributed by atoms with van der Waals surface area (Å²) in [5, 5.41) is 1.37. The molecule has 93 valence electrons. The molecule has 4 heteroatoms. The van der Waals surface area contributed by atoms with E-state index in [4.69, 9.17) is 23.2 Å². The average Bonchev–Trinajstić information content (AvgIpc) is 2.89. The number of benzene rings is 2. The van der Waals surface area contributed by atoms with Crippen LogP contribution in [0.15, 0.2) is 54.7 Å². The molecule has 0 aliphatic carbocycles. The topological polar surface area (TPSA) is 17.8 Å². The number of halogens is 2. The molecule has 1 heterocycles. The Morgan fingerprint density at radius 1 is 0.947 bits per heavy atom. The van der Waals surface area contributed by atoms with Crippen LogP contribution in [0.3, 0.4) is 0 Å². The van der Waals surface area contributed by atoms with Crippen molar-refractivity contribution in [2.24, 2.45) is 0 Å². The molecule has 19 heavy (non-hydrogen) atoms. The number of hydrogen-bond donors (Lipinski definition) is 0. The van der Waals surface area contributed by atoms with Gasteiger partial charge in [0.05, 0.1) is 5.02 Å². The van der Waals surface area contributed by atoms with Crippen LogP contribution in [-0.4, -0.2) is 9.55 Å². The van der Waals surface area contributed by atoms with E-state index in [1.807, 2.05) is 53.1 Å². The van der Waals surface area contributed by atoms with E-state index in [1.165, 1.54) is 0 Å². The smallest absolute Gasteiger partial charge is 0.146 e. The maximum Gasteiger partial charge on any atom is 0.146 e. The van der Waals surface area contributed by atoms with Crippen LogP contribution in [0.1, 0.15) is 0 Å². The first kappa shape index (κ1) is 12.3. The molecular weight excluding hydrogens is 279 g/mol. The zero-order valence-corrected chi connectivity index (χ0v) is 11.4. The third-order valence-electron chi connectivity index (χ3n) is 2.81. The Morgan fingerprint density at radius 3 is 2.42 bits per heavy atom. The van der Waals surface area contributed by atoms with Crippen molar-refractivity contribution in [1.29, 1.82) is 0 Å². The molecule has 0 atom stereocenters. The molecule has 0 N–H and O–H groups in total. The van der Waals surface area contributed by atoms with Gasteiger partial charge in [-0.2, -0.15) is 0 Å². The fraction of sp³-hybridized carbons (Fsp3) is 0. The predicted octanol–water partition coefficient (Wildman–Crippen LogP) is 4.65. The van der Waals surface area contributed by atoms with Gasteiger partial charge in [0.25, 0.3) is 0 Å². The Labute approximate surface area is 121 Å². The van der Waals surface area contributed by atoms with Gasteiger partial charge in [0, 0.05) is 22.5 Å². The number of aromatic nitrogens is 2. The minimum absolute atomic E-state index is 0.664. The SMILES string of the molecule is Clc1ccc(-n2c[c]nc2-c2ccccc2Cl)cc1. The van der Waals surface area contributed by atoms with Gasteiger partial charge in [-0.15, -0.1) is 0 Å². The molecule has 0 aliphatic heterocycles. The van der Waals surface area contributed by atoms with Crippen molar-refractivity contribution in [1.82, 2.24) is 9.55 Å². The van der Waals surface area contributed by atoms with Gasteiger partial charge < -0.3 is 0 Å². The van der Waals surface area contributed by atoms with Crippen molar-refractivity contribution in [2.75, 3.05) is 0 Å². The highest BCUT2D eigenvalue weighted by atomic mass is 35.5. The standard InChI is InChI=1S/C15H9Cl2N2/c16-11-5-7-12(8-6-11)19-10-9-18-15(19)13-3-1-2-4-14(13)17/h1-8,10H. The van der Waals surface area contributed by atoms with Crippen LogP contribution in [0, 0.1) is 6.20 Å². The Kier molecular flexibility index (Phi) is 3.28. The highest BCUT2D eigenvalue weighted by Crippen LogP contribution is 2.28. The minimum Gasteiger partial charge on any atom is -0.299 e. The molecule has 0 saturated heterocycles. The van der Waals surface area contributed by atoms with Crippen molar-refractivity contribution in [3.05, 3.63) is 71.0 Å². The molecule has 0 saturated carbocycles. The lowest BCUT2D eigenvalue weighted by atomic mass is 10.2. The Hall–Kier alpha value is -1.77. The van der Waals surface area contributed by atoms with Gasteiger partial charge in [0.2, 0.25) is 0 Å². The second-order valence-corrected chi connectivity index (χ2v) is 4.86. The third kappa shape index (κ3) is 2.37. The molecule has 1 aromatic heterocycles. The zero-order valence-electron chi connectivity index (χ0n) is 9.85. The first-order chi connectivity index (χ1) is 9.25. The third-order valence-corrected chi connectivity index (χ3v) is 3.39. The number of rotatable bonds is 2. The molecule has 3 rings (SSSR count). The summed E-state index contributed by atoms with van der Waals surface area (Å²) in [6.45, 7) is 0. The van der Waals surface area contributed by atoms with Crippen LogP contribution in [0.5, 0.6) is 0 Å². The average molecular weight is 288 g/mol. The second kappa shape index (κ2) is 5.08. The summed E-state index contributed by atoms with van der Waals surface area (Å²) in [7, 11) is 0. The molecule has 1 radical (unpaired) electrons. The summed E-state index contributed by atoms with van der Waals surface area (Å²) in [5.74, 6) is 0.757. The molecule has 2 nitrogen and oxygen atoms in total. The van der Waals surface area contributed by atoms with E-state index in [0.29, 0.717) is 10.0 Å². The van der Waals surface area contributed by atoms with Crippen molar-refractivity contribution >= 4 is 23.2 Å². The highest BCUT2D eigenvalue weighted by molar-refractivity contribution is 6.33. The first-order valence-corrected chi connectivity index (χ1v) is 6.47. The quantitative estimate of drug-likeness (QED) is 0.671. The Balaban J connectivity index is 2.13. The Bertz CT molecular complexity index is 702. The van der Waals surface area contributed by atoms with Crippen molar-refractivity contribution in [2.45, 2.75) is 0 Å². The summed E-state index contributed by atoms with van der Waals surface area (Å²) < 4.78 is 1.93. The zero-order chi connectivity index (χ0) is 13.2. The summed E-state index contributed by atoms with van der Waals surface area (Å²) in [5.41, 5.74) is 1.84. The second-order valence-electron chi connectivity index (χ2n) is 4.02. The van der Waals surface area contributed by atoms with Gasteiger partial charge in [-0.25, -0.2) is 4.98 Å². The fourth-order valence-electron chi connectivity index (χ4n) is 1.89. The Morgan fingerprint density at radius 2 is 1.68 bits per heavy atom. The van der Waals surface area contributed by atoms with E-state index in [9.17, 15) is 0 Å². The maximum atomic E-state index is 6.21. The molecule has 3 aromatic rings. The fourth-order valence-corrected chi connectivity index (χ4v) is 2.24. The van der Waals surface area contributed by atoms with Gasteiger partial charge >= 0.3 is 0 Å². The largest absolute Gasteiger partial charge is 0.299 e. The molecule has 0 aliphatic rings. The molecule has 0 bridgehead atoms. The maximum absolute atomic E-state index is 6.21. The van der Waals surface area contributed by atoms with Crippen molar-refractivity contribution in [3.63, 3.8) is 0 Å². The number of hydrogen-bond acceptors (Lipinski definition) is 1. The lowest BCUT2D eigenvalue weighted by molar-refractivity contribution is 1.07. The van der Waals surface area contributed by atoms with Gasteiger partial charge in [0.1, 0.15) is 12.0 Å². The number of nitrogens with zero attached hydrogens (tertiary/aromatic N) is 2. The number of imidazole rings is 1. The van der Waals surface area contributed by atoms with Gasteiger partial charge in [0.15, 0.2) is 0 Å². The van der Waals surface area contributed by atoms with Crippen molar-refractivity contribution in [3.8, 4) is 17.1 Å². The monoisotopic (exact) mass is 287 g/mol. The highest BCUT2D eigenvalue weighted by Gasteiger charge is 2.10. The molecule has 0 fully saturated rings. The summed E-state index contributed by atoms with van der Waals surface area (Å²) in [6.07, 6.45) is 4.64. The summed E-state index contributed by atoms with van der Waals surface area (Å²) >= 11 is 12.1. The van der Waals surface area contributed by atoms with Gasteiger partial charge in [-0.05, 0) is 36.4 Å².